The van der Waals surface area contributed by atoms with E-state index in [1.54, 1.807) is 45.2 Å². The van der Waals surface area contributed by atoms with Gasteiger partial charge in [-0.2, -0.15) is 0 Å². The Morgan fingerprint density at radius 2 is 1.31 bits per heavy atom. The second-order valence-electron chi connectivity index (χ2n) is 2.80. The lowest BCUT2D eigenvalue weighted by Crippen LogP contribution is -2.19. The lowest BCUT2D eigenvalue weighted by atomic mass is 10.1. The summed E-state index contributed by atoms with van der Waals surface area (Å²) in [6.45, 7) is 0. The summed E-state index contributed by atoms with van der Waals surface area (Å²) in [6.07, 6.45) is -0.462. The minimum Gasteiger partial charge on any atom is -0.383 e. The van der Waals surface area contributed by atoms with Crippen molar-refractivity contribution in [3.8, 4) is 0 Å². The maximum Gasteiger partial charge on any atom is 0.248 e. The van der Waals surface area contributed by atoms with Crippen molar-refractivity contribution in [1.82, 2.24) is 0 Å². The van der Waals surface area contributed by atoms with Gasteiger partial charge in [0.05, 0.1) is 0 Å². The number of aliphatic hydroxyl groups is 2. The molecule has 80 valence electrons. The van der Waals surface area contributed by atoms with Gasteiger partial charge in [0, 0.05) is 12.8 Å². The molecule has 0 saturated carbocycles. The van der Waals surface area contributed by atoms with Crippen molar-refractivity contribution in [2.75, 3.05) is 0 Å². The molecule has 2 nitrogen and oxygen atoms in total. The SMILES string of the molecule is OC(I)CCC(F)(F)CCC(O)I. The van der Waals surface area contributed by atoms with Gasteiger partial charge in [-0.1, -0.05) is 45.2 Å². The highest BCUT2D eigenvalue weighted by molar-refractivity contribution is 14.1. The van der Waals surface area contributed by atoms with Gasteiger partial charge < -0.3 is 10.2 Å². The Balaban J connectivity index is 3.66. The van der Waals surface area contributed by atoms with E-state index in [-0.39, 0.29) is 25.7 Å². The van der Waals surface area contributed by atoms with Crippen LogP contribution in [0.4, 0.5) is 8.78 Å². The fourth-order valence-electron chi connectivity index (χ4n) is 0.786. The molecule has 13 heavy (non-hydrogen) atoms. The van der Waals surface area contributed by atoms with Gasteiger partial charge in [-0.25, -0.2) is 8.78 Å². The van der Waals surface area contributed by atoms with Gasteiger partial charge in [-0.3, -0.25) is 0 Å². The summed E-state index contributed by atoms with van der Waals surface area (Å²) in [6, 6.07) is 0. The smallest absolute Gasteiger partial charge is 0.248 e. The summed E-state index contributed by atoms with van der Waals surface area (Å²) in [4.78, 5) is 0. The van der Waals surface area contributed by atoms with E-state index in [4.69, 9.17) is 10.2 Å². The Morgan fingerprint density at radius 3 is 1.54 bits per heavy atom. The molecule has 0 aromatic rings. The van der Waals surface area contributed by atoms with E-state index in [1.807, 2.05) is 0 Å². The largest absolute Gasteiger partial charge is 0.383 e. The van der Waals surface area contributed by atoms with E-state index in [1.165, 1.54) is 0 Å². The van der Waals surface area contributed by atoms with E-state index < -0.39 is 14.1 Å². The first-order chi connectivity index (χ1) is 5.83. The minimum atomic E-state index is -2.77. The van der Waals surface area contributed by atoms with Gasteiger partial charge >= 0.3 is 0 Å². The van der Waals surface area contributed by atoms with Crippen LogP contribution in [0, 0.1) is 0 Å². The van der Waals surface area contributed by atoms with E-state index in [2.05, 4.69) is 0 Å². The molecule has 0 bridgehead atoms. The molecule has 0 radical (unpaired) electrons. The van der Waals surface area contributed by atoms with Crippen molar-refractivity contribution in [3.63, 3.8) is 0 Å². The van der Waals surface area contributed by atoms with Crippen molar-refractivity contribution >= 4 is 45.2 Å². The normalized spacial score (nSPS) is 17.1. The fourth-order valence-corrected chi connectivity index (χ4v) is 1.41. The van der Waals surface area contributed by atoms with Gasteiger partial charge in [0.25, 0.3) is 0 Å². The van der Waals surface area contributed by atoms with Crippen LogP contribution >= 0.6 is 45.2 Å². The first-order valence-corrected chi connectivity index (χ1v) is 6.35. The van der Waals surface area contributed by atoms with E-state index >= 15 is 0 Å². The zero-order chi connectivity index (χ0) is 10.5. The van der Waals surface area contributed by atoms with Crippen molar-refractivity contribution in [2.45, 2.75) is 39.8 Å². The lowest BCUT2D eigenvalue weighted by Gasteiger charge is -2.16. The number of aliphatic hydroxyl groups excluding tert-OH is 2. The second kappa shape index (κ2) is 6.67. The molecule has 0 aliphatic carbocycles. The highest BCUT2D eigenvalue weighted by Crippen LogP contribution is 2.28. The van der Waals surface area contributed by atoms with Crippen molar-refractivity contribution < 1.29 is 19.0 Å². The predicted molar refractivity (Wildman–Crippen MR) is 63.5 cm³/mol. The van der Waals surface area contributed by atoms with Gasteiger partial charge in [0.2, 0.25) is 5.92 Å². The maximum atomic E-state index is 12.9. The summed E-state index contributed by atoms with van der Waals surface area (Å²) in [7, 11) is 0. The molecule has 2 N–H and O–H groups in total. The Labute approximate surface area is 103 Å². The van der Waals surface area contributed by atoms with Crippen LogP contribution in [0.5, 0.6) is 0 Å². The molecular weight excluding hydrogens is 408 g/mol. The topological polar surface area (TPSA) is 40.5 Å². The molecule has 0 rings (SSSR count). The molecule has 0 amide bonds. The van der Waals surface area contributed by atoms with Crippen LogP contribution in [0.2, 0.25) is 0 Å². The predicted octanol–water partition coefficient (Wildman–Crippen LogP) is 2.69. The summed E-state index contributed by atoms with van der Waals surface area (Å²) in [5.41, 5.74) is 0. The highest BCUT2D eigenvalue weighted by Gasteiger charge is 2.29. The first-order valence-electron chi connectivity index (χ1n) is 3.85. The number of rotatable bonds is 6. The summed E-state index contributed by atoms with van der Waals surface area (Å²) >= 11 is 3.39. The molecule has 2 unspecified atom stereocenters. The molecule has 0 aliphatic heterocycles. The van der Waals surface area contributed by atoms with Crippen LogP contribution in [0.15, 0.2) is 0 Å². The van der Waals surface area contributed by atoms with E-state index in [0.717, 1.165) is 0 Å². The third-order valence-corrected chi connectivity index (χ3v) is 2.74. The Hall–Kier alpha value is 1.24. The average Bonchev–Trinajstić information content (AvgIpc) is 1.98. The summed E-state index contributed by atoms with van der Waals surface area (Å²) < 4.78 is 24.4. The Morgan fingerprint density at radius 1 is 1.00 bits per heavy atom. The van der Waals surface area contributed by atoms with Gasteiger partial charge in [0.15, 0.2) is 0 Å². The average molecular weight is 420 g/mol. The molecule has 0 saturated heterocycles. The molecule has 0 aromatic heterocycles. The quantitative estimate of drug-likeness (QED) is 0.513. The lowest BCUT2D eigenvalue weighted by molar-refractivity contribution is -0.0277. The van der Waals surface area contributed by atoms with E-state index in [0.29, 0.717) is 0 Å². The zero-order valence-electron chi connectivity index (χ0n) is 6.89. The molecule has 0 aliphatic rings. The van der Waals surface area contributed by atoms with Crippen LogP contribution in [-0.2, 0) is 0 Å². The molecule has 2 atom stereocenters. The third kappa shape index (κ3) is 9.54. The monoisotopic (exact) mass is 420 g/mol. The van der Waals surface area contributed by atoms with Crippen LogP contribution in [0.1, 0.15) is 25.7 Å². The third-order valence-electron chi connectivity index (χ3n) is 1.50. The van der Waals surface area contributed by atoms with Crippen LogP contribution in [0.3, 0.4) is 0 Å². The fraction of sp³-hybridized carbons (Fsp3) is 1.00. The van der Waals surface area contributed by atoms with Crippen molar-refractivity contribution in [2.24, 2.45) is 0 Å². The first kappa shape index (κ1) is 14.2. The number of alkyl halides is 4. The number of halogens is 4. The number of hydrogen-bond acceptors (Lipinski definition) is 2. The van der Waals surface area contributed by atoms with Gasteiger partial charge in [0.1, 0.15) is 8.22 Å². The van der Waals surface area contributed by atoms with Gasteiger partial charge in [-0.05, 0) is 12.8 Å². The minimum absolute atomic E-state index is 0.0882. The van der Waals surface area contributed by atoms with Crippen LogP contribution < -0.4 is 0 Å². The molecule has 0 aromatic carbocycles. The van der Waals surface area contributed by atoms with Crippen LogP contribution in [-0.4, -0.2) is 24.4 Å². The molecule has 0 spiro atoms. The Bertz CT molecular complexity index is 128. The maximum absolute atomic E-state index is 12.9. The van der Waals surface area contributed by atoms with Crippen molar-refractivity contribution in [1.29, 1.82) is 0 Å². The highest BCUT2D eigenvalue weighted by atomic mass is 127. The summed E-state index contributed by atoms with van der Waals surface area (Å²) in [5.74, 6) is -2.77. The Kier molecular flexibility index (Phi) is 7.31. The molecule has 0 heterocycles. The van der Waals surface area contributed by atoms with Crippen molar-refractivity contribution in [3.05, 3.63) is 0 Å². The van der Waals surface area contributed by atoms with Crippen LogP contribution in [0.25, 0.3) is 0 Å². The van der Waals surface area contributed by atoms with Gasteiger partial charge in [-0.15, -0.1) is 0 Å². The van der Waals surface area contributed by atoms with E-state index in [9.17, 15) is 8.78 Å². The molecule has 6 heteroatoms. The standard InChI is InChI=1S/C7H12F2I2O2/c8-7(9,3-1-5(10)12)4-2-6(11)13/h5-6,12-13H,1-4H2. The molecular formula is C7H12F2I2O2. The molecule has 0 fully saturated rings. The second-order valence-corrected chi connectivity index (χ2v) is 5.68. The zero-order valence-corrected chi connectivity index (χ0v) is 11.2. The number of hydrogen-bond donors (Lipinski definition) is 2. The summed E-state index contributed by atoms with van der Waals surface area (Å²) in [5, 5.41) is 17.6.